The Hall–Kier alpha value is -2.78. The molecule has 1 amide bonds. The second-order valence-corrected chi connectivity index (χ2v) is 8.69. The highest BCUT2D eigenvalue weighted by atomic mass is 32.2. The highest BCUT2D eigenvalue weighted by molar-refractivity contribution is 8.16. The Morgan fingerprint density at radius 3 is 2.76 bits per heavy atom. The molecule has 9 heteroatoms. The first-order valence-electron chi connectivity index (χ1n) is 10.9. The van der Waals surface area contributed by atoms with Gasteiger partial charge in [-0.1, -0.05) is 30.8 Å². The third kappa shape index (κ3) is 5.78. The van der Waals surface area contributed by atoms with Gasteiger partial charge >= 0.3 is 5.97 Å². The van der Waals surface area contributed by atoms with E-state index in [1.54, 1.807) is 21.1 Å². The van der Waals surface area contributed by atoms with Crippen LogP contribution in [0.1, 0.15) is 45.2 Å². The summed E-state index contributed by atoms with van der Waals surface area (Å²) in [4.78, 5) is 32.5. The SMILES string of the molecule is CCC(C)NC(=O)CC1=CSC2=NC(C)=C(C(=O)OCCOC)C(c3cccc(OC)c3)N12. The number of nitrogens with one attached hydrogen (secondary N) is 1. The monoisotopic (exact) mass is 473 g/mol. The van der Waals surface area contributed by atoms with Crippen molar-refractivity contribution in [2.75, 3.05) is 27.4 Å². The van der Waals surface area contributed by atoms with Gasteiger partial charge in [0, 0.05) is 18.8 Å². The summed E-state index contributed by atoms with van der Waals surface area (Å²) in [5, 5.41) is 5.66. The maximum atomic E-state index is 13.2. The number of ether oxygens (including phenoxy) is 3. The molecule has 0 radical (unpaired) electrons. The number of amides is 1. The summed E-state index contributed by atoms with van der Waals surface area (Å²) < 4.78 is 15.9. The number of esters is 1. The lowest BCUT2D eigenvalue weighted by atomic mass is 9.93. The number of thioether (sulfide) groups is 1. The topological polar surface area (TPSA) is 89.5 Å². The van der Waals surface area contributed by atoms with Crippen LogP contribution in [0.2, 0.25) is 0 Å². The number of carbonyl (C=O) groups is 2. The molecule has 8 nitrogen and oxygen atoms in total. The number of hydrogen-bond donors (Lipinski definition) is 1. The van der Waals surface area contributed by atoms with E-state index in [9.17, 15) is 9.59 Å². The van der Waals surface area contributed by atoms with E-state index in [1.165, 1.54) is 11.8 Å². The highest BCUT2D eigenvalue weighted by Gasteiger charge is 2.41. The summed E-state index contributed by atoms with van der Waals surface area (Å²) in [5.74, 6) is 0.144. The normalized spacial score (nSPS) is 18.3. The van der Waals surface area contributed by atoms with Crippen molar-refractivity contribution < 1.29 is 23.8 Å². The molecule has 2 heterocycles. The fourth-order valence-corrected chi connectivity index (χ4v) is 4.61. The summed E-state index contributed by atoms with van der Waals surface area (Å²) >= 11 is 1.44. The minimum absolute atomic E-state index is 0.0719. The van der Waals surface area contributed by atoms with Gasteiger partial charge in [0.15, 0.2) is 5.17 Å². The minimum atomic E-state index is -0.500. The van der Waals surface area contributed by atoms with Crippen molar-refractivity contribution in [2.45, 2.75) is 45.7 Å². The van der Waals surface area contributed by atoms with Crippen LogP contribution in [-0.4, -0.2) is 55.4 Å². The quantitative estimate of drug-likeness (QED) is 0.409. The first-order chi connectivity index (χ1) is 15.9. The Bertz CT molecular complexity index is 988. The first-order valence-corrected chi connectivity index (χ1v) is 11.8. The molecule has 0 fully saturated rings. The number of allylic oxidation sites excluding steroid dienone is 1. The van der Waals surface area contributed by atoms with Crippen LogP contribution in [0.3, 0.4) is 0 Å². The second-order valence-electron chi connectivity index (χ2n) is 7.85. The lowest BCUT2D eigenvalue weighted by molar-refractivity contribution is -0.141. The average molecular weight is 474 g/mol. The third-order valence-electron chi connectivity index (χ3n) is 5.51. The lowest BCUT2D eigenvalue weighted by Gasteiger charge is -2.36. The molecule has 2 aliphatic rings. The fourth-order valence-electron chi connectivity index (χ4n) is 3.65. The van der Waals surface area contributed by atoms with Crippen LogP contribution in [0, 0.1) is 0 Å². The van der Waals surface area contributed by atoms with E-state index >= 15 is 0 Å². The lowest BCUT2D eigenvalue weighted by Crippen LogP contribution is -2.39. The molecular weight excluding hydrogens is 442 g/mol. The zero-order valence-electron chi connectivity index (χ0n) is 19.7. The number of methoxy groups -OCH3 is 2. The maximum Gasteiger partial charge on any atom is 0.338 e. The van der Waals surface area contributed by atoms with Crippen LogP contribution in [-0.2, 0) is 19.1 Å². The van der Waals surface area contributed by atoms with Gasteiger partial charge in [-0.25, -0.2) is 9.79 Å². The van der Waals surface area contributed by atoms with Gasteiger partial charge in [0.1, 0.15) is 12.4 Å². The van der Waals surface area contributed by atoms with Gasteiger partial charge in [-0.05, 0) is 43.4 Å². The molecule has 0 aliphatic carbocycles. The zero-order chi connectivity index (χ0) is 24.0. The van der Waals surface area contributed by atoms with Crippen molar-refractivity contribution in [1.29, 1.82) is 0 Å². The molecule has 0 aromatic heterocycles. The largest absolute Gasteiger partial charge is 0.497 e. The number of benzene rings is 1. The number of hydrogen-bond acceptors (Lipinski definition) is 8. The Morgan fingerprint density at radius 1 is 1.27 bits per heavy atom. The molecule has 0 bridgehead atoms. The summed E-state index contributed by atoms with van der Waals surface area (Å²) in [6, 6.07) is 7.15. The van der Waals surface area contributed by atoms with Gasteiger partial charge in [-0.3, -0.25) is 4.79 Å². The number of rotatable bonds is 10. The smallest absolute Gasteiger partial charge is 0.338 e. The molecule has 1 aromatic carbocycles. The molecule has 2 aliphatic heterocycles. The van der Waals surface area contributed by atoms with Gasteiger partial charge in [0.05, 0.1) is 37.4 Å². The number of fused-ring (bicyclic) bond motifs is 1. The number of nitrogens with zero attached hydrogens (tertiary/aromatic N) is 2. The van der Waals surface area contributed by atoms with Crippen molar-refractivity contribution in [2.24, 2.45) is 4.99 Å². The molecule has 178 valence electrons. The number of aliphatic imine (C=N–C) groups is 1. The summed E-state index contributed by atoms with van der Waals surface area (Å²) in [5.41, 5.74) is 2.64. The van der Waals surface area contributed by atoms with Gasteiger partial charge in [0.25, 0.3) is 0 Å². The van der Waals surface area contributed by atoms with Crippen LogP contribution in [0.15, 0.2) is 51.6 Å². The van der Waals surface area contributed by atoms with Crippen molar-refractivity contribution in [1.82, 2.24) is 10.2 Å². The molecule has 2 atom stereocenters. The standard InChI is InChI=1S/C24H31N3O5S/c1-6-15(2)25-20(28)13-18-14-33-24-26-16(3)21(23(29)32-11-10-30-4)22(27(18)24)17-8-7-9-19(12-17)31-5/h7-9,12,14-15,22H,6,10-11,13H2,1-5H3,(H,25,28). The second kappa shape index (κ2) is 11.4. The average Bonchev–Trinajstić information content (AvgIpc) is 3.19. The van der Waals surface area contributed by atoms with Crippen LogP contribution >= 0.6 is 11.8 Å². The molecule has 3 rings (SSSR count). The van der Waals surface area contributed by atoms with E-state index in [-0.39, 0.29) is 25.0 Å². The fraction of sp³-hybridized carbons (Fsp3) is 0.458. The molecular formula is C24H31N3O5S. The van der Waals surface area contributed by atoms with Crippen molar-refractivity contribution >= 4 is 28.8 Å². The van der Waals surface area contributed by atoms with E-state index in [2.05, 4.69) is 10.3 Å². The van der Waals surface area contributed by atoms with Gasteiger partial charge in [-0.15, -0.1) is 0 Å². The summed E-state index contributed by atoms with van der Waals surface area (Å²) in [6.07, 6.45) is 1.03. The van der Waals surface area contributed by atoms with Crippen LogP contribution in [0.4, 0.5) is 0 Å². The van der Waals surface area contributed by atoms with Crippen LogP contribution < -0.4 is 10.1 Å². The van der Waals surface area contributed by atoms with Crippen molar-refractivity contribution in [3.63, 3.8) is 0 Å². The van der Waals surface area contributed by atoms with Crippen molar-refractivity contribution in [3.05, 3.63) is 52.2 Å². The number of carbonyl (C=O) groups excluding carboxylic acids is 2. The Morgan fingerprint density at radius 2 is 2.06 bits per heavy atom. The van der Waals surface area contributed by atoms with Crippen LogP contribution in [0.25, 0.3) is 0 Å². The van der Waals surface area contributed by atoms with E-state index in [0.29, 0.717) is 23.6 Å². The zero-order valence-corrected chi connectivity index (χ0v) is 20.5. The molecule has 2 unspecified atom stereocenters. The Labute approximate surface area is 199 Å². The maximum absolute atomic E-state index is 13.2. The minimum Gasteiger partial charge on any atom is -0.497 e. The number of amidine groups is 1. The molecule has 1 aromatic rings. The van der Waals surface area contributed by atoms with E-state index in [4.69, 9.17) is 14.2 Å². The van der Waals surface area contributed by atoms with Crippen molar-refractivity contribution in [3.8, 4) is 5.75 Å². The Kier molecular flexibility index (Phi) is 8.57. The molecule has 1 N–H and O–H groups in total. The summed E-state index contributed by atoms with van der Waals surface area (Å²) in [7, 11) is 3.15. The predicted octanol–water partition coefficient (Wildman–Crippen LogP) is 3.76. The van der Waals surface area contributed by atoms with E-state index in [1.807, 2.05) is 48.4 Å². The molecule has 0 saturated carbocycles. The highest BCUT2D eigenvalue weighted by Crippen LogP contribution is 2.45. The first kappa shape index (κ1) is 24.9. The summed E-state index contributed by atoms with van der Waals surface area (Å²) in [6.45, 7) is 6.25. The van der Waals surface area contributed by atoms with Gasteiger partial charge in [0.2, 0.25) is 5.91 Å². The van der Waals surface area contributed by atoms with E-state index in [0.717, 1.165) is 22.8 Å². The van der Waals surface area contributed by atoms with Gasteiger partial charge in [-0.2, -0.15) is 0 Å². The van der Waals surface area contributed by atoms with E-state index < -0.39 is 12.0 Å². The van der Waals surface area contributed by atoms with Crippen LogP contribution in [0.5, 0.6) is 5.75 Å². The van der Waals surface area contributed by atoms with Gasteiger partial charge < -0.3 is 24.4 Å². The molecule has 0 saturated heterocycles. The Balaban J connectivity index is 1.98. The third-order valence-corrected chi connectivity index (χ3v) is 6.40. The molecule has 33 heavy (non-hydrogen) atoms. The molecule has 0 spiro atoms. The predicted molar refractivity (Wildman–Crippen MR) is 129 cm³/mol.